The van der Waals surface area contributed by atoms with E-state index in [1.54, 1.807) is 7.11 Å². The standard InChI is InChI=1S/C21H32N6O/c1-4-22-21(23-10-6-7-18-16-24-25(2)17-18)27-13-11-26(12-14-27)19-8-5-9-20(15-19)28-3/h5,8-9,15-17H,4,6-7,10-14H2,1-3H3,(H,22,23). The number of piperazine rings is 1. The summed E-state index contributed by atoms with van der Waals surface area (Å²) in [5.41, 5.74) is 2.49. The van der Waals surface area contributed by atoms with E-state index >= 15 is 0 Å². The van der Waals surface area contributed by atoms with Crippen LogP contribution in [-0.4, -0.2) is 67.0 Å². The highest BCUT2D eigenvalue weighted by Gasteiger charge is 2.20. The van der Waals surface area contributed by atoms with Crippen molar-refractivity contribution in [1.29, 1.82) is 0 Å². The molecule has 3 rings (SSSR count). The summed E-state index contributed by atoms with van der Waals surface area (Å²) < 4.78 is 7.21. The zero-order chi connectivity index (χ0) is 19.8. The lowest BCUT2D eigenvalue weighted by Crippen LogP contribution is -2.52. The number of hydrogen-bond donors (Lipinski definition) is 1. The van der Waals surface area contributed by atoms with Crippen LogP contribution >= 0.6 is 0 Å². The second kappa shape index (κ2) is 10.0. The van der Waals surface area contributed by atoms with Gasteiger partial charge in [0.15, 0.2) is 5.96 Å². The lowest BCUT2D eigenvalue weighted by molar-refractivity contribution is 0.372. The maximum Gasteiger partial charge on any atom is 0.194 e. The molecule has 1 fully saturated rings. The van der Waals surface area contributed by atoms with Gasteiger partial charge < -0.3 is 19.9 Å². The molecule has 0 saturated carbocycles. The molecule has 1 aliphatic heterocycles. The molecule has 0 atom stereocenters. The van der Waals surface area contributed by atoms with Crippen molar-refractivity contribution < 1.29 is 4.74 Å². The van der Waals surface area contributed by atoms with E-state index < -0.39 is 0 Å². The number of nitrogens with one attached hydrogen (secondary N) is 1. The Kier molecular flexibility index (Phi) is 7.17. The van der Waals surface area contributed by atoms with Gasteiger partial charge in [-0.05, 0) is 37.5 Å². The number of aryl methyl sites for hydroxylation is 2. The van der Waals surface area contributed by atoms with Crippen LogP contribution in [0.5, 0.6) is 5.75 Å². The Morgan fingerprint density at radius 2 is 2.07 bits per heavy atom. The molecule has 1 N–H and O–H groups in total. The summed E-state index contributed by atoms with van der Waals surface area (Å²) in [4.78, 5) is 9.62. The molecule has 1 saturated heterocycles. The Morgan fingerprint density at radius 1 is 1.25 bits per heavy atom. The fourth-order valence-corrected chi connectivity index (χ4v) is 3.48. The minimum absolute atomic E-state index is 0.827. The Hall–Kier alpha value is -2.70. The summed E-state index contributed by atoms with van der Waals surface area (Å²) in [6.45, 7) is 7.72. The summed E-state index contributed by atoms with van der Waals surface area (Å²) >= 11 is 0. The molecule has 1 aromatic carbocycles. The van der Waals surface area contributed by atoms with Gasteiger partial charge in [-0.2, -0.15) is 5.10 Å². The first kappa shape index (κ1) is 20.0. The molecule has 7 nitrogen and oxygen atoms in total. The maximum atomic E-state index is 5.35. The highest BCUT2D eigenvalue weighted by atomic mass is 16.5. The summed E-state index contributed by atoms with van der Waals surface area (Å²) in [6.07, 6.45) is 6.06. The van der Waals surface area contributed by atoms with Crippen LogP contribution in [-0.2, 0) is 13.5 Å². The van der Waals surface area contributed by atoms with E-state index in [0.717, 1.165) is 63.8 Å². The van der Waals surface area contributed by atoms with Crippen molar-refractivity contribution in [2.24, 2.45) is 12.0 Å². The molecule has 2 heterocycles. The summed E-state index contributed by atoms with van der Waals surface area (Å²) in [5, 5.41) is 7.67. The molecule has 1 aromatic heterocycles. The van der Waals surface area contributed by atoms with E-state index in [9.17, 15) is 0 Å². The lowest BCUT2D eigenvalue weighted by Gasteiger charge is -2.37. The molecular weight excluding hydrogens is 352 g/mol. The Bertz CT molecular complexity index is 764. The average Bonchev–Trinajstić information content (AvgIpc) is 3.15. The monoisotopic (exact) mass is 384 g/mol. The van der Waals surface area contributed by atoms with Crippen LogP contribution in [0.1, 0.15) is 18.9 Å². The van der Waals surface area contributed by atoms with Crippen molar-refractivity contribution in [3.63, 3.8) is 0 Å². The normalized spacial score (nSPS) is 15.0. The number of methoxy groups -OCH3 is 1. The van der Waals surface area contributed by atoms with Gasteiger partial charge in [0.25, 0.3) is 0 Å². The first-order chi connectivity index (χ1) is 13.7. The number of hydrogen-bond acceptors (Lipinski definition) is 4. The van der Waals surface area contributed by atoms with Gasteiger partial charge in [0, 0.05) is 64.3 Å². The zero-order valence-corrected chi connectivity index (χ0v) is 17.3. The second-order valence-corrected chi connectivity index (χ2v) is 7.04. The van der Waals surface area contributed by atoms with Gasteiger partial charge in [0.05, 0.1) is 13.3 Å². The minimum atomic E-state index is 0.827. The molecule has 0 spiro atoms. The highest BCUT2D eigenvalue weighted by Crippen LogP contribution is 2.22. The van der Waals surface area contributed by atoms with Gasteiger partial charge in [-0.15, -0.1) is 0 Å². The summed E-state index contributed by atoms with van der Waals surface area (Å²) in [5.74, 6) is 1.93. The van der Waals surface area contributed by atoms with Crippen LogP contribution in [0.2, 0.25) is 0 Å². The fraction of sp³-hybridized carbons (Fsp3) is 0.524. The second-order valence-electron chi connectivity index (χ2n) is 7.04. The predicted molar refractivity (Wildman–Crippen MR) is 114 cm³/mol. The van der Waals surface area contributed by atoms with Crippen LogP contribution in [0, 0.1) is 0 Å². The molecule has 0 bridgehead atoms. The number of rotatable bonds is 7. The Balaban J connectivity index is 1.51. The van der Waals surface area contributed by atoms with Crippen molar-refractivity contribution in [1.82, 2.24) is 20.0 Å². The Morgan fingerprint density at radius 3 is 2.75 bits per heavy atom. The SMILES string of the molecule is CCNC(=NCCCc1cnn(C)c1)N1CCN(c2cccc(OC)c2)CC1. The Labute approximate surface area is 168 Å². The van der Waals surface area contributed by atoms with Crippen LogP contribution < -0.4 is 15.0 Å². The number of guanidine groups is 1. The van der Waals surface area contributed by atoms with Crippen molar-refractivity contribution in [3.05, 3.63) is 42.2 Å². The van der Waals surface area contributed by atoms with Crippen molar-refractivity contribution in [2.75, 3.05) is 51.3 Å². The van der Waals surface area contributed by atoms with Gasteiger partial charge >= 0.3 is 0 Å². The van der Waals surface area contributed by atoms with E-state index in [1.165, 1.54) is 11.3 Å². The summed E-state index contributed by atoms with van der Waals surface area (Å²) in [7, 11) is 3.67. The molecule has 0 unspecified atom stereocenters. The van der Waals surface area contributed by atoms with Gasteiger partial charge in [-0.3, -0.25) is 9.67 Å². The van der Waals surface area contributed by atoms with E-state index in [2.05, 4.69) is 45.5 Å². The van der Waals surface area contributed by atoms with Gasteiger partial charge in [-0.1, -0.05) is 6.07 Å². The molecule has 1 aliphatic rings. The number of aromatic nitrogens is 2. The topological polar surface area (TPSA) is 57.9 Å². The quantitative estimate of drug-likeness (QED) is 0.450. The van der Waals surface area contributed by atoms with Gasteiger partial charge in [0.2, 0.25) is 0 Å². The van der Waals surface area contributed by atoms with Crippen LogP contribution in [0.4, 0.5) is 5.69 Å². The number of ether oxygens (including phenoxy) is 1. The largest absolute Gasteiger partial charge is 0.497 e. The van der Waals surface area contributed by atoms with Crippen molar-refractivity contribution >= 4 is 11.6 Å². The molecule has 28 heavy (non-hydrogen) atoms. The molecule has 2 aromatic rings. The van der Waals surface area contributed by atoms with Crippen LogP contribution in [0.15, 0.2) is 41.7 Å². The van der Waals surface area contributed by atoms with E-state index in [4.69, 9.17) is 9.73 Å². The number of benzene rings is 1. The molecule has 0 amide bonds. The van der Waals surface area contributed by atoms with E-state index in [0.29, 0.717) is 0 Å². The number of aliphatic imine (C=N–C) groups is 1. The van der Waals surface area contributed by atoms with Crippen molar-refractivity contribution in [3.8, 4) is 5.75 Å². The van der Waals surface area contributed by atoms with Crippen LogP contribution in [0.3, 0.4) is 0 Å². The third-order valence-electron chi connectivity index (χ3n) is 4.98. The van der Waals surface area contributed by atoms with E-state index in [-0.39, 0.29) is 0 Å². The first-order valence-electron chi connectivity index (χ1n) is 10.1. The predicted octanol–water partition coefficient (Wildman–Crippen LogP) is 2.15. The molecule has 7 heteroatoms. The lowest BCUT2D eigenvalue weighted by atomic mass is 10.2. The first-order valence-corrected chi connectivity index (χ1v) is 10.1. The average molecular weight is 385 g/mol. The van der Waals surface area contributed by atoms with Crippen molar-refractivity contribution in [2.45, 2.75) is 19.8 Å². The van der Waals surface area contributed by atoms with Crippen LogP contribution in [0.25, 0.3) is 0 Å². The molecule has 0 radical (unpaired) electrons. The zero-order valence-electron chi connectivity index (χ0n) is 17.3. The number of nitrogens with zero attached hydrogens (tertiary/aromatic N) is 5. The fourth-order valence-electron chi connectivity index (χ4n) is 3.48. The maximum absolute atomic E-state index is 5.35. The molecule has 0 aliphatic carbocycles. The van der Waals surface area contributed by atoms with Gasteiger partial charge in [-0.25, -0.2) is 0 Å². The smallest absolute Gasteiger partial charge is 0.194 e. The van der Waals surface area contributed by atoms with E-state index in [1.807, 2.05) is 30.1 Å². The minimum Gasteiger partial charge on any atom is -0.497 e. The third-order valence-corrected chi connectivity index (χ3v) is 4.98. The highest BCUT2D eigenvalue weighted by molar-refractivity contribution is 5.80. The number of anilines is 1. The summed E-state index contributed by atoms with van der Waals surface area (Å²) in [6, 6.07) is 8.29. The molecular formula is C21H32N6O. The third kappa shape index (κ3) is 5.41. The molecule has 152 valence electrons. The van der Waals surface area contributed by atoms with Gasteiger partial charge in [0.1, 0.15) is 5.75 Å².